The lowest BCUT2D eigenvalue weighted by Gasteiger charge is -2.28. The molecule has 0 saturated heterocycles. The molecule has 0 spiro atoms. The van der Waals surface area contributed by atoms with Crippen LogP contribution in [0.2, 0.25) is 0 Å². The summed E-state index contributed by atoms with van der Waals surface area (Å²) < 4.78 is 16.2. The van der Waals surface area contributed by atoms with Crippen LogP contribution in [0.5, 0.6) is 0 Å². The molecule has 2 aliphatic heterocycles. The Morgan fingerprint density at radius 1 is 1.21 bits per heavy atom. The number of ketones is 1. The first-order chi connectivity index (χ1) is 16.0. The zero-order valence-corrected chi connectivity index (χ0v) is 18.8. The van der Waals surface area contributed by atoms with Gasteiger partial charge in [0.15, 0.2) is 5.78 Å². The Morgan fingerprint density at radius 3 is 2.73 bits per heavy atom. The molecule has 0 aliphatic carbocycles. The topological polar surface area (TPSA) is 87.4 Å². The molecule has 2 unspecified atom stereocenters. The third-order valence-electron chi connectivity index (χ3n) is 6.10. The number of carbonyl (C=O) groups excluding carboxylic acids is 1. The number of rotatable bonds is 5. The Morgan fingerprint density at radius 2 is 2.00 bits per heavy atom. The summed E-state index contributed by atoms with van der Waals surface area (Å²) >= 11 is 0. The fraction of sp³-hybridized carbons (Fsp3) is 0.333. The summed E-state index contributed by atoms with van der Waals surface area (Å²) in [6, 6.07) is 10.8. The molecule has 0 fully saturated rings. The van der Waals surface area contributed by atoms with Crippen molar-refractivity contribution in [1.82, 2.24) is 25.1 Å². The van der Waals surface area contributed by atoms with E-state index in [0.717, 1.165) is 17.9 Å². The Hall–Kier alpha value is -3.43. The van der Waals surface area contributed by atoms with E-state index < -0.39 is 5.82 Å². The van der Waals surface area contributed by atoms with Crippen molar-refractivity contribution >= 4 is 17.2 Å². The largest absolute Gasteiger partial charge is 0.320 e. The molecule has 1 aromatic heterocycles. The number of nitrogens with zero attached hydrogens (tertiary/aromatic N) is 5. The average molecular weight is 448 g/mol. The van der Waals surface area contributed by atoms with Crippen LogP contribution in [0.3, 0.4) is 0 Å². The lowest BCUT2D eigenvalue weighted by Crippen LogP contribution is -2.34. The molecule has 9 heteroatoms. The van der Waals surface area contributed by atoms with Gasteiger partial charge in [-0.1, -0.05) is 24.3 Å². The van der Waals surface area contributed by atoms with Gasteiger partial charge in [0.25, 0.3) is 0 Å². The number of benzene rings is 2. The van der Waals surface area contributed by atoms with Gasteiger partial charge in [0.1, 0.15) is 24.5 Å². The number of hydrogen-bond acceptors (Lipinski definition) is 7. The number of carbonyl (C=O) groups is 1. The Balaban J connectivity index is 1.67. The van der Waals surface area contributed by atoms with Crippen molar-refractivity contribution in [2.75, 3.05) is 26.1 Å². The van der Waals surface area contributed by atoms with Gasteiger partial charge in [0, 0.05) is 24.2 Å². The van der Waals surface area contributed by atoms with Crippen molar-refractivity contribution in [1.29, 1.82) is 0 Å². The molecule has 3 heterocycles. The highest BCUT2D eigenvalue weighted by Gasteiger charge is 2.40. The first-order valence-electron chi connectivity index (χ1n) is 11.0. The summed E-state index contributed by atoms with van der Waals surface area (Å²) in [5.74, 6) is -0.255. The second-order valence-electron chi connectivity index (χ2n) is 8.64. The molecule has 3 aromatic rings. The van der Waals surface area contributed by atoms with Gasteiger partial charge in [0.05, 0.1) is 23.4 Å². The third-order valence-corrected chi connectivity index (χ3v) is 6.10. The Bertz CT molecular complexity index is 1230. The van der Waals surface area contributed by atoms with Gasteiger partial charge in [-0.25, -0.2) is 19.5 Å². The predicted octanol–water partition coefficient (Wildman–Crippen LogP) is 2.94. The maximum Gasteiger partial charge on any atom is 0.185 e. The highest BCUT2D eigenvalue weighted by atomic mass is 19.1. The van der Waals surface area contributed by atoms with E-state index in [4.69, 9.17) is 4.99 Å². The molecule has 2 atom stereocenters. The zero-order chi connectivity index (χ0) is 23.1. The molecule has 0 radical (unpaired) electrons. The molecule has 0 saturated carbocycles. The maximum absolute atomic E-state index is 14.4. The lowest BCUT2D eigenvalue weighted by molar-refractivity contribution is 0.0999. The average Bonchev–Trinajstić information content (AvgIpc) is 3.20. The van der Waals surface area contributed by atoms with E-state index in [0.29, 0.717) is 29.1 Å². The summed E-state index contributed by atoms with van der Waals surface area (Å²) in [7, 11) is 4.07. The molecule has 33 heavy (non-hydrogen) atoms. The number of hydrazine groups is 1. The first kappa shape index (κ1) is 21.4. The van der Waals surface area contributed by atoms with Crippen LogP contribution in [0, 0.1) is 5.82 Å². The van der Waals surface area contributed by atoms with Gasteiger partial charge in [-0.2, -0.15) is 5.10 Å². The van der Waals surface area contributed by atoms with Gasteiger partial charge >= 0.3 is 0 Å². The van der Waals surface area contributed by atoms with E-state index in [-0.39, 0.29) is 24.3 Å². The van der Waals surface area contributed by atoms with Crippen molar-refractivity contribution in [3.05, 3.63) is 76.6 Å². The number of aliphatic imine (C=N–C) groups is 1. The van der Waals surface area contributed by atoms with Gasteiger partial charge in [-0.15, -0.1) is 0 Å². The minimum atomic E-state index is -0.465. The highest BCUT2D eigenvalue weighted by Crippen LogP contribution is 2.40. The minimum absolute atomic E-state index is 0.0174. The van der Waals surface area contributed by atoms with Crippen LogP contribution in [-0.2, 0) is 13.1 Å². The first-order valence-corrected chi connectivity index (χ1v) is 11.0. The van der Waals surface area contributed by atoms with Crippen LogP contribution in [-0.4, -0.2) is 51.8 Å². The number of nitrogens with one attached hydrogen (secondary N) is 2. The fourth-order valence-electron chi connectivity index (χ4n) is 4.67. The zero-order valence-electron chi connectivity index (χ0n) is 18.8. The third kappa shape index (κ3) is 3.83. The number of hydrogen-bond donors (Lipinski definition) is 2. The molecule has 2 aliphatic rings. The quantitative estimate of drug-likeness (QED) is 0.625. The monoisotopic (exact) mass is 447 g/mol. The Labute approximate surface area is 191 Å². The Kier molecular flexibility index (Phi) is 5.51. The standard InChI is InChI=1S/C24H26FN7O/c1-4-32-24(27-13-28-32)21-22(15-7-5-14(6-8-15)12-31(2)3)30-29-18-10-16(25)9-17-19(33)11-26-23(21)20(17)18/h5-10,13,21-22,29-30H,4,11-12H2,1-3H3. The molecule has 8 nitrogen and oxygen atoms in total. The summed E-state index contributed by atoms with van der Waals surface area (Å²) in [4.78, 5) is 24.0. The van der Waals surface area contributed by atoms with E-state index in [2.05, 4.69) is 50.1 Å². The molecular formula is C24H26FN7O. The van der Waals surface area contributed by atoms with Crippen molar-refractivity contribution < 1.29 is 9.18 Å². The van der Waals surface area contributed by atoms with Crippen LogP contribution in [0.25, 0.3) is 0 Å². The minimum Gasteiger partial charge on any atom is -0.320 e. The number of aromatic nitrogens is 3. The summed E-state index contributed by atoms with van der Waals surface area (Å²) in [5, 5.41) is 4.38. The molecule has 0 amide bonds. The number of anilines is 1. The van der Waals surface area contributed by atoms with E-state index in [1.165, 1.54) is 24.0 Å². The molecule has 2 N–H and O–H groups in total. The fourth-order valence-corrected chi connectivity index (χ4v) is 4.67. The van der Waals surface area contributed by atoms with Crippen LogP contribution in [0.15, 0.2) is 47.7 Å². The maximum atomic E-state index is 14.4. The summed E-state index contributed by atoms with van der Waals surface area (Å²) in [6.07, 6.45) is 1.54. The normalized spacial score (nSPS) is 19.7. The van der Waals surface area contributed by atoms with Crippen LogP contribution < -0.4 is 10.9 Å². The SMILES string of the molecule is CCn1ncnc1C1C2=NCC(=O)c3cc(F)cc(c32)NNC1c1ccc(CN(C)C)cc1. The van der Waals surface area contributed by atoms with Crippen molar-refractivity contribution in [2.24, 2.45) is 4.99 Å². The van der Waals surface area contributed by atoms with Crippen molar-refractivity contribution in [2.45, 2.75) is 32.0 Å². The van der Waals surface area contributed by atoms with Gasteiger partial charge < -0.3 is 10.3 Å². The second-order valence-corrected chi connectivity index (χ2v) is 8.64. The van der Waals surface area contributed by atoms with Gasteiger partial charge in [-0.3, -0.25) is 9.79 Å². The van der Waals surface area contributed by atoms with Crippen LogP contribution in [0.4, 0.5) is 10.1 Å². The van der Waals surface area contributed by atoms with E-state index in [9.17, 15) is 9.18 Å². The predicted molar refractivity (Wildman–Crippen MR) is 124 cm³/mol. The summed E-state index contributed by atoms with van der Waals surface area (Å²) in [5.41, 5.74) is 10.9. The van der Waals surface area contributed by atoms with Gasteiger partial charge in [0.2, 0.25) is 0 Å². The van der Waals surface area contributed by atoms with Crippen molar-refractivity contribution in [3.8, 4) is 0 Å². The van der Waals surface area contributed by atoms with Crippen molar-refractivity contribution in [3.63, 3.8) is 0 Å². The van der Waals surface area contributed by atoms with E-state index >= 15 is 0 Å². The van der Waals surface area contributed by atoms with E-state index in [1.54, 1.807) is 0 Å². The van der Waals surface area contributed by atoms with Gasteiger partial charge in [-0.05, 0) is 44.3 Å². The molecule has 5 rings (SSSR count). The molecule has 170 valence electrons. The molecule has 2 aromatic carbocycles. The number of halogens is 1. The number of aryl methyl sites for hydroxylation is 1. The number of Topliss-reactive ketones (excluding diaryl/α,β-unsaturated/α-hetero) is 1. The second kappa shape index (κ2) is 8.49. The van der Waals surface area contributed by atoms with E-state index in [1.807, 2.05) is 25.7 Å². The summed E-state index contributed by atoms with van der Waals surface area (Å²) in [6.45, 7) is 3.47. The van der Waals surface area contributed by atoms with Crippen LogP contribution >= 0.6 is 0 Å². The highest BCUT2D eigenvalue weighted by molar-refractivity contribution is 6.20. The van der Waals surface area contributed by atoms with Crippen LogP contribution in [0.1, 0.15) is 51.8 Å². The lowest BCUT2D eigenvalue weighted by atomic mass is 9.82. The molecule has 0 bridgehead atoms. The smallest absolute Gasteiger partial charge is 0.185 e. The molecular weight excluding hydrogens is 421 g/mol.